The van der Waals surface area contributed by atoms with Crippen LogP contribution in [0.25, 0.3) is 0 Å². The Kier molecular flexibility index (Phi) is 5.83. The van der Waals surface area contributed by atoms with Gasteiger partial charge in [-0.05, 0) is 36.6 Å². The van der Waals surface area contributed by atoms with Gasteiger partial charge in [0.15, 0.2) is 6.10 Å². The number of ether oxygens (including phenoxy) is 1. The zero-order valence-electron chi connectivity index (χ0n) is 11.6. The summed E-state index contributed by atoms with van der Waals surface area (Å²) in [7, 11) is 0. The predicted octanol–water partition coefficient (Wildman–Crippen LogP) is 4.17. The number of carbonyl (C=O) groups excluding carboxylic acids is 2. The van der Waals surface area contributed by atoms with Gasteiger partial charge in [0, 0.05) is 20.6 Å². The number of esters is 1. The van der Waals surface area contributed by atoms with E-state index in [1.54, 1.807) is 18.2 Å². The molecule has 1 atom stereocenters. The molecule has 0 radical (unpaired) electrons. The first-order chi connectivity index (χ1) is 10.4. The first-order valence-electron chi connectivity index (χ1n) is 6.43. The number of nitrogens with one attached hydrogen (secondary N) is 1. The molecule has 0 aliphatic heterocycles. The highest BCUT2D eigenvalue weighted by Gasteiger charge is 2.18. The van der Waals surface area contributed by atoms with Crippen molar-refractivity contribution in [1.82, 2.24) is 0 Å². The fraction of sp³-hybridized carbons (Fsp3) is 0.200. The summed E-state index contributed by atoms with van der Waals surface area (Å²) in [6, 6.07) is 8.37. The molecule has 2 aromatic rings. The molecule has 0 unspecified atom stereocenters. The lowest BCUT2D eigenvalue weighted by molar-refractivity contribution is -0.152. The molecule has 1 N–H and O–H groups in total. The molecule has 0 saturated carbocycles. The minimum absolute atomic E-state index is 0.151. The summed E-state index contributed by atoms with van der Waals surface area (Å²) in [6.07, 6.45) is -0.761. The van der Waals surface area contributed by atoms with Gasteiger partial charge in [0.1, 0.15) is 0 Å². The lowest BCUT2D eigenvalue weighted by Gasteiger charge is -2.13. The third-order valence-corrected chi connectivity index (χ3v) is 4.02. The second-order valence-electron chi connectivity index (χ2n) is 4.54. The molecule has 1 amide bonds. The van der Waals surface area contributed by atoms with Gasteiger partial charge in [0.2, 0.25) is 0 Å². The average molecular weight is 358 g/mol. The summed E-state index contributed by atoms with van der Waals surface area (Å²) in [4.78, 5) is 24.6. The molecule has 22 heavy (non-hydrogen) atoms. The molecule has 0 aliphatic carbocycles. The summed E-state index contributed by atoms with van der Waals surface area (Å²) in [6.45, 7) is 1.51. The Bertz CT molecular complexity index is 653. The Morgan fingerprint density at radius 1 is 1.27 bits per heavy atom. The van der Waals surface area contributed by atoms with Crippen molar-refractivity contribution in [3.05, 3.63) is 50.6 Å². The number of rotatable bonds is 5. The first-order valence-corrected chi connectivity index (χ1v) is 8.06. The van der Waals surface area contributed by atoms with Crippen LogP contribution in [-0.4, -0.2) is 18.0 Å². The zero-order valence-corrected chi connectivity index (χ0v) is 14.0. The van der Waals surface area contributed by atoms with Crippen molar-refractivity contribution >= 4 is 52.1 Å². The van der Waals surface area contributed by atoms with E-state index in [2.05, 4.69) is 5.32 Å². The van der Waals surface area contributed by atoms with Crippen LogP contribution in [-0.2, 0) is 20.7 Å². The van der Waals surface area contributed by atoms with Gasteiger partial charge in [-0.25, -0.2) is 0 Å². The summed E-state index contributed by atoms with van der Waals surface area (Å²) in [5, 5.41) is 5.30. The molecule has 1 aromatic carbocycles. The van der Waals surface area contributed by atoms with Crippen molar-refractivity contribution in [2.75, 3.05) is 5.32 Å². The van der Waals surface area contributed by atoms with Gasteiger partial charge < -0.3 is 10.1 Å². The highest BCUT2D eigenvalue weighted by Crippen LogP contribution is 2.22. The maximum absolute atomic E-state index is 12.0. The largest absolute Gasteiger partial charge is 0.452 e. The van der Waals surface area contributed by atoms with Crippen molar-refractivity contribution in [2.24, 2.45) is 0 Å². The molecule has 0 aliphatic rings. The van der Waals surface area contributed by atoms with Crippen LogP contribution in [0.5, 0.6) is 0 Å². The Labute approximate surface area is 142 Å². The number of carbonyl (C=O) groups is 2. The van der Waals surface area contributed by atoms with Gasteiger partial charge in [0.05, 0.1) is 6.42 Å². The Morgan fingerprint density at radius 3 is 2.55 bits per heavy atom. The van der Waals surface area contributed by atoms with Crippen LogP contribution < -0.4 is 5.32 Å². The normalized spacial score (nSPS) is 11.8. The average Bonchev–Trinajstić information content (AvgIpc) is 2.89. The smallest absolute Gasteiger partial charge is 0.311 e. The fourth-order valence-electron chi connectivity index (χ4n) is 1.72. The van der Waals surface area contributed by atoms with E-state index in [0.717, 1.165) is 4.88 Å². The molecule has 1 aromatic heterocycles. The van der Waals surface area contributed by atoms with E-state index < -0.39 is 18.0 Å². The molecule has 0 saturated heterocycles. The van der Waals surface area contributed by atoms with Crippen molar-refractivity contribution in [2.45, 2.75) is 19.4 Å². The summed E-state index contributed by atoms with van der Waals surface area (Å²) in [5.74, 6) is -0.896. The van der Waals surface area contributed by atoms with Crippen LogP contribution in [0.2, 0.25) is 10.0 Å². The SMILES string of the molecule is C[C@@H](OC(=O)Cc1cccs1)C(=O)Nc1cc(Cl)cc(Cl)c1. The molecule has 0 fully saturated rings. The van der Waals surface area contributed by atoms with Crippen LogP contribution in [0.1, 0.15) is 11.8 Å². The minimum Gasteiger partial charge on any atom is -0.452 e. The lowest BCUT2D eigenvalue weighted by atomic mass is 10.3. The third-order valence-electron chi connectivity index (χ3n) is 2.71. The molecular formula is C15H13Cl2NO3S. The highest BCUT2D eigenvalue weighted by atomic mass is 35.5. The van der Waals surface area contributed by atoms with E-state index in [0.29, 0.717) is 15.7 Å². The number of halogens is 2. The van der Waals surface area contributed by atoms with Crippen LogP contribution in [0.15, 0.2) is 35.7 Å². The number of amides is 1. The predicted molar refractivity (Wildman–Crippen MR) is 88.7 cm³/mol. The van der Waals surface area contributed by atoms with Crippen molar-refractivity contribution < 1.29 is 14.3 Å². The summed E-state index contributed by atoms with van der Waals surface area (Å²) < 4.78 is 5.11. The molecule has 4 nitrogen and oxygen atoms in total. The second-order valence-corrected chi connectivity index (χ2v) is 6.44. The Morgan fingerprint density at radius 2 is 1.95 bits per heavy atom. The van der Waals surface area contributed by atoms with E-state index in [4.69, 9.17) is 27.9 Å². The molecule has 0 spiro atoms. The van der Waals surface area contributed by atoms with Gasteiger partial charge in [-0.2, -0.15) is 0 Å². The van der Waals surface area contributed by atoms with E-state index in [1.165, 1.54) is 18.3 Å². The Hall–Kier alpha value is -1.56. The number of benzene rings is 1. The number of hydrogen-bond acceptors (Lipinski definition) is 4. The molecule has 2 rings (SSSR count). The van der Waals surface area contributed by atoms with E-state index in [9.17, 15) is 9.59 Å². The number of thiophene rings is 1. The summed E-state index contributed by atoms with van der Waals surface area (Å²) in [5.41, 5.74) is 0.448. The van der Waals surface area contributed by atoms with E-state index >= 15 is 0 Å². The first kappa shape index (κ1) is 16.8. The quantitative estimate of drug-likeness (QED) is 0.817. The van der Waals surface area contributed by atoms with Crippen molar-refractivity contribution in [3.63, 3.8) is 0 Å². The van der Waals surface area contributed by atoms with Crippen molar-refractivity contribution in [3.8, 4) is 0 Å². The van der Waals surface area contributed by atoms with E-state index in [1.807, 2.05) is 17.5 Å². The third kappa shape index (κ3) is 5.02. The molecule has 7 heteroatoms. The molecule has 1 heterocycles. The maximum atomic E-state index is 12.0. The highest BCUT2D eigenvalue weighted by molar-refractivity contribution is 7.10. The van der Waals surface area contributed by atoms with Crippen LogP contribution in [0.4, 0.5) is 5.69 Å². The fourth-order valence-corrected chi connectivity index (χ4v) is 2.93. The molecule has 0 bridgehead atoms. The molecule has 116 valence electrons. The van der Waals surface area contributed by atoms with Gasteiger partial charge in [-0.3, -0.25) is 9.59 Å². The van der Waals surface area contributed by atoms with Crippen molar-refractivity contribution in [1.29, 1.82) is 0 Å². The van der Waals surface area contributed by atoms with Gasteiger partial charge in [0.25, 0.3) is 5.91 Å². The standard InChI is InChI=1S/C15H13Cl2NO3S/c1-9(21-14(19)8-13-3-2-4-22-13)15(20)18-12-6-10(16)5-11(17)7-12/h2-7,9H,8H2,1H3,(H,18,20)/t9-/m1/s1. The summed E-state index contributed by atoms with van der Waals surface area (Å²) >= 11 is 13.2. The molecular weight excluding hydrogens is 345 g/mol. The van der Waals surface area contributed by atoms with Gasteiger partial charge in [-0.15, -0.1) is 11.3 Å². The minimum atomic E-state index is -0.912. The van der Waals surface area contributed by atoms with Crippen LogP contribution in [0, 0.1) is 0 Å². The van der Waals surface area contributed by atoms with Crippen LogP contribution >= 0.6 is 34.5 Å². The van der Waals surface area contributed by atoms with Crippen LogP contribution in [0.3, 0.4) is 0 Å². The second kappa shape index (κ2) is 7.63. The number of hydrogen-bond donors (Lipinski definition) is 1. The Balaban J connectivity index is 1.90. The lowest BCUT2D eigenvalue weighted by Crippen LogP contribution is -2.30. The maximum Gasteiger partial charge on any atom is 0.311 e. The topological polar surface area (TPSA) is 55.4 Å². The monoisotopic (exact) mass is 357 g/mol. The number of anilines is 1. The van der Waals surface area contributed by atoms with Gasteiger partial charge in [-0.1, -0.05) is 29.3 Å². The van der Waals surface area contributed by atoms with E-state index in [-0.39, 0.29) is 6.42 Å². The zero-order chi connectivity index (χ0) is 16.1. The van der Waals surface area contributed by atoms with Gasteiger partial charge >= 0.3 is 5.97 Å².